The van der Waals surface area contributed by atoms with Crippen LogP contribution in [0.15, 0.2) is 84.0 Å². The third-order valence-electron chi connectivity index (χ3n) is 6.48. The minimum atomic E-state index is -0.863. The minimum Gasteiger partial charge on any atom is -0.491 e. The second-order valence-electron chi connectivity index (χ2n) is 9.31. The monoisotopic (exact) mass is 515 g/mol. The highest BCUT2D eigenvalue weighted by molar-refractivity contribution is 6.01. The SMILES string of the molecule is CON=C1C[C@@H](CC(=O)NCC(O)COc2ccccc2)N(C(=O)c2ccc(-c3ccccc3C)cc2)C1. The molecule has 1 heterocycles. The van der Waals surface area contributed by atoms with Crippen LogP contribution in [0.25, 0.3) is 11.1 Å². The summed E-state index contributed by atoms with van der Waals surface area (Å²) < 4.78 is 5.53. The Hall–Kier alpha value is -4.17. The van der Waals surface area contributed by atoms with Gasteiger partial charge in [-0.25, -0.2) is 0 Å². The first-order valence-corrected chi connectivity index (χ1v) is 12.6. The van der Waals surface area contributed by atoms with Crippen molar-refractivity contribution in [2.75, 3.05) is 26.8 Å². The van der Waals surface area contributed by atoms with E-state index < -0.39 is 6.10 Å². The summed E-state index contributed by atoms with van der Waals surface area (Å²) >= 11 is 0. The third-order valence-corrected chi connectivity index (χ3v) is 6.48. The fourth-order valence-corrected chi connectivity index (χ4v) is 4.53. The van der Waals surface area contributed by atoms with Gasteiger partial charge in [-0.1, -0.05) is 59.8 Å². The number of ether oxygens (including phenoxy) is 1. The van der Waals surface area contributed by atoms with Gasteiger partial charge in [0.15, 0.2) is 0 Å². The average molecular weight is 516 g/mol. The van der Waals surface area contributed by atoms with Gasteiger partial charge < -0.3 is 24.9 Å². The van der Waals surface area contributed by atoms with Crippen molar-refractivity contribution < 1.29 is 24.3 Å². The number of hydrogen-bond donors (Lipinski definition) is 2. The van der Waals surface area contributed by atoms with Crippen molar-refractivity contribution in [3.63, 3.8) is 0 Å². The Labute approximate surface area is 222 Å². The smallest absolute Gasteiger partial charge is 0.254 e. The van der Waals surface area contributed by atoms with E-state index in [1.54, 1.807) is 17.0 Å². The second kappa shape index (κ2) is 12.9. The summed E-state index contributed by atoms with van der Waals surface area (Å²) in [7, 11) is 1.46. The molecule has 38 heavy (non-hydrogen) atoms. The summed E-state index contributed by atoms with van der Waals surface area (Å²) in [5.74, 6) is 0.215. The molecule has 2 amide bonds. The molecule has 2 N–H and O–H groups in total. The number of carbonyl (C=O) groups is 2. The van der Waals surface area contributed by atoms with Crippen LogP contribution >= 0.6 is 0 Å². The van der Waals surface area contributed by atoms with E-state index in [1.807, 2.05) is 54.6 Å². The Bertz CT molecular complexity index is 1260. The molecule has 0 radical (unpaired) electrons. The van der Waals surface area contributed by atoms with Crippen LogP contribution in [0, 0.1) is 6.92 Å². The lowest BCUT2D eigenvalue weighted by Gasteiger charge is -2.24. The van der Waals surface area contributed by atoms with Crippen molar-refractivity contribution in [3.8, 4) is 16.9 Å². The topological polar surface area (TPSA) is 100 Å². The van der Waals surface area contributed by atoms with Crippen LogP contribution in [0.5, 0.6) is 5.75 Å². The predicted octanol–water partition coefficient (Wildman–Crippen LogP) is 3.83. The molecule has 0 aromatic heterocycles. The molecule has 0 spiro atoms. The number of nitrogens with zero attached hydrogens (tertiary/aromatic N) is 2. The van der Waals surface area contributed by atoms with Gasteiger partial charge in [-0.05, 0) is 47.9 Å². The van der Waals surface area contributed by atoms with Crippen molar-refractivity contribution in [1.29, 1.82) is 0 Å². The van der Waals surface area contributed by atoms with E-state index in [0.29, 0.717) is 23.4 Å². The zero-order valence-corrected chi connectivity index (χ0v) is 21.7. The number of benzene rings is 3. The number of para-hydroxylation sites is 1. The van der Waals surface area contributed by atoms with Gasteiger partial charge in [0.2, 0.25) is 5.91 Å². The summed E-state index contributed by atoms with van der Waals surface area (Å²) in [5.41, 5.74) is 4.56. The molecule has 0 bridgehead atoms. The Balaban J connectivity index is 1.36. The van der Waals surface area contributed by atoms with Gasteiger partial charge in [0.05, 0.1) is 12.3 Å². The van der Waals surface area contributed by atoms with Gasteiger partial charge in [-0.3, -0.25) is 9.59 Å². The average Bonchev–Trinajstić information content (AvgIpc) is 3.33. The molecular weight excluding hydrogens is 482 g/mol. The third kappa shape index (κ3) is 6.98. The maximum Gasteiger partial charge on any atom is 0.254 e. The molecule has 2 atom stereocenters. The zero-order valence-electron chi connectivity index (χ0n) is 21.7. The highest BCUT2D eigenvalue weighted by Crippen LogP contribution is 2.26. The number of nitrogens with one attached hydrogen (secondary N) is 1. The van der Waals surface area contributed by atoms with Crippen molar-refractivity contribution >= 4 is 17.5 Å². The summed E-state index contributed by atoms with van der Waals surface area (Å²) in [5, 5.41) is 17.0. The highest BCUT2D eigenvalue weighted by atomic mass is 16.6. The van der Waals surface area contributed by atoms with E-state index in [9.17, 15) is 14.7 Å². The fourth-order valence-electron chi connectivity index (χ4n) is 4.53. The van der Waals surface area contributed by atoms with E-state index in [-0.39, 0.29) is 44.0 Å². The molecule has 1 saturated heterocycles. The lowest BCUT2D eigenvalue weighted by molar-refractivity contribution is -0.122. The maximum atomic E-state index is 13.4. The zero-order chi connectivity index (χ0) is 26.9. The summed E-state index contributed by atoms with van der Waals surface area (Å²) in [6.45, 7) is 2.45. The number of rotatable bonds is 10. The molecule has 3 aromatic rings. The molecule has 1 aliphatic rings. The van der Waals surface area contributed by atoms with E-state index in [4.69, 9.17) is 9.57 Å². The van der Waals surface area contributed by atoms with Gasteiger partial charge in [0.1, 0.15) is 25.6 Å². The molecule has 1 unspecified atom stereocenters. The first-order valence-electron chi connectivity index (χ1n) is 12.6. The molecule has 8 nitrogen and oxygen atoms in total. The lowest BCUT2D eigenvalue weighted by atomic mass is 9.99. The first-order chi connectivity index (χ1) is 18.4. The number of aliphatic hydroxyl groups is 1. The number of aryl methyl sites for hydroxylation is 1. The summed E-state index contributed by atoms with van der Waals surface area (Å²) in [4.78, 5) is 32.7. The van der Waals surface area contributed by atoms with Gasteiger partial charge in [0.25, 0.3) is 5.91 Å². The quantitative estimate of drug-likeness (QED) is 0.400. The van der Waals surface area contributed by atoms with E-state index in [1.165, 1.54) is 7.11 Å². The summed E-state index contributed by atoms with van der Waals surface area (Å²) in [6.07, 6.45) is -0.339. The molecule has 1 fully saturated rings. The van der Waals surface area contributed by atoms with E-state index in [2.05, 4.69) is 29.5 Å². The Morgan fingerprint density at radius 3 is 2.47 bits per heavy atom. The van der Waals surface area contributed by atoms with Crippen molar-refractivity contribution in [1.82, 2.24) is 10.2 Å². The molecule has 3 aromatic carbocycles. The van der Waals surface area contributed by atoms with Crippen LogP contribution in [0.3, 0.4) is 0 Å². The number of oxime groups is 1. The molecular formula is C30H33N3O5. The van der Waals surface area contributed by atoms with Crippen LogP contribution in [-0.4, -0.2) is 66.5 Å². The Morgan fingerprint density at radius 1 is 1.05 bits per heavy atom. The molecule has 0 saturated carbocycles. The Morgan fingerprint density at radius 2 is 1.76 bits per heavy atom. The molecule has 8 heteroatoms. The number of hydrogen-bond acceptors (Lipinski definition) is 6. The lowest BCUT2D eigenvalue weighted by Crippen LogP contribution is -2.41. The largest absolute Gasteiger partial charge is 0.491 e. The van der Waals surface area contributed by atoms with Gasteiger partial charge in [0, 0.05) is 31.0 Å². The van der Waals surface area contributed by atoms with Crippen molar-refractivity contribution in [2.45, 2.75) is 31.9 Å². The van der Waals surface area contributed by atoms with Crippen LogP contribution in [0.1, 0.15) is 28.8 Å². The number of likely N-dealkylation sites (tertiary alicyclic amines) is 1. The van der Waals surface area contributed by atoms with Gasteiger partial charge in [-0.15, -0.1) is 0 Å². The first kappa shape index (κ1) is 26.9. The highest BCUT2D eigenvalue weighted by Gasteiger charge is 2.35. The van der Waals surface area contributed by atoms with Crippen LogP contribution in [0.2, 0.25) is 0 Å². The maximum absolute atomic E-state index is 13.4. The molecule has 0 aliphatic carbocycles. The molecule has 4 rings (SSSR count). The van der Waals surface area contributed by atoms with E-state index in [0.717, 1.165) is 16.7 Å². The molecule has 1 aliphatic heterocycles. The standard InChI is InChI=1S/C30H33N3O5/c1-21-8-6-7-11-28(21)22-12-14-23(15-13-22)30(36)33-19-24(32-37-2)16-25(33)17-29(35)31-18-26(34)20-38-27-9-4-3-5-10-27/h3-15,25-26,34H,16-20H2,1-2H3,(H,31,35)/t25-,26?/m0/s1. The van der Waals surface area contributed by atoms with Crippen molar-refractivity contribution in [3.05, 3.63) is 90.0 Å². The van der Waals surface area contributed by atoms with Crippen LogP contribution in [-0.2, 0) is 9.63 Å². The second-order valence-corrected chi connectivity index (χ2v) is 9.31. The van der Waals surface area contributed by atoms with Gasteiger partial charge in [-0.2, -0.15) is 0 Å². The van der Waals surface area contributed by atoms with Crippen LogP contribution in [0.4, 0.5) is 0 Å². The van der Waals surface area contributed by atoms with Crippen molar-refractivity contribution in [2.24, 2.45) is 5.16 Å². The number of amides is 2. The van der Waals surface area contributed by atoms with Gasteiger partial charge >= 0.3 is 0 Å². The normalized spacial score (nSPS) is 16.8. The predicted molar refractivity (Wildman–Crippen MR) is 146 cm³/mol. The van der Waals surface area contributed by atoms with E-state index >= 15 is 0 Å². The summed E-state index contributed by atoms with van der Waals surface area (Å²) in [6, 6.07) is 24.4. The number of carbonyl (C=O) groups excluding carboxylic acids is 2. The number of aliphatic hydroxyl groups excluding tert-OH is 1. The van der Waals surface area contributed by atoms with Crippen LogP contribution < -0.4 is 10.1 Å². The minimum absolute atomic E-state index is 0.0473. The Kier molecular flexibility index (Phi) is 9.11. The fraction of sp³-hybridized carbons (Fsp3) is 0.300. The molecule has 198 valence electrons.